The van der Waals surface area contributed by atoms with Gasteiger partial charge in [-0.1, -0.05) is 48.5 Å². The molecule has 0 unspecified atom stereocenters. The minimum Gasteiger partial charge on any atom is -0.505 e. The zero-order valence-electron chi connectivity index (χ0n) is 19.7. The van der Waals surface area contributed by atoms with E-state index in [1.807, 2.05) is 79.1 Å². The van der Waals surface area contributed by atoms with Crippen molar-refractivity contribution in [1.82, 2.24) is 14.5 Å². The summed E-state index contributed by atoms with van der Waals surface area (Å²) in [7, 11) is 0. The molecule has 0 saturated heterocycles. The summed E-state index contributed by atoms with van der Waals surface area (Å²) < 4.78 is 7.92. The van der Waals surface area contributed by atoms with Crippen LogP contribution in [0.4, 0.5) is 0 Å². The van der Waals surface area contributed by atoms with Crippen LogP contribution in [-0.2, 0) is 21.1 Å². The Bertz CT molecular complexity index is 1710. The summed E-state index contributed by atoms with van der Waals surface area (Å²) in [6, 6.07) is 30.8. The minimum absolute atomic E-state index is 0. The van der Waals surface area contributed by atoms with Crippen molar-refractivity contribution >= 4 is 21.9 Å². The van der Waals surface area contributed by atoms with E-state index in [0.29, 0.717) is 11.6 Å². The van der Waals surface area contributed by atoms with Gasteiger partial charge in [-0.25, -0.2) is 4.98 Å². The number of nitrogens with zero attached hydrogens (tertiary/aromatic N) is 3. The summed E-state index contributed by atoms with van der Waals surface area (Å²) in [5.41, 5.74) is 5.95. The van der Waals surface area contributed by atoms with E-state index < -0.39 is 0 Å². The van der Waals surface area contributed by atoms with E-state index in [1.165, 1.54) is 0 Å². The second-order valence-electron chi connectivity index (χ2n) is 8.57. The average molecular weight is 652 g/mol. The van der Waals surface area contributed by atoms with Gasteiger partial charge in [0.25, 0.3) is 0 Å². The molecule has 0 bridgehead atoms. The van der Waals surface area contributed by atoms with E-state index in [9.17, 15) is 5.11 Å². The molecule has 0 amide bonds. The van der Waals surface area contributed by atoms with Gasteiger partial charge in [-0.05, 0) is 48.9 Å². The van der Waals surface area contributed by atoms with Gasteiger partial charge in [-0.15, -0.1) is 23.8 Å². The maximum Gasteiger partial charge on any atom is 0.217 e. The molecule has 3 aromatic heterocycles. The maximum absolute atomic E-state index is 11.0. The number of fused-ring (bicyclic) bond motifs is 3. The van der Waals surface area contributed by atoms with Gasteiger partial charge < -0.3 is 9.84 Å². The summed E-state index contributed by atoms with van der Waals surface area (Å²) >= 11 is 0. The second-order valence-corrected chi connectivity index (χ2v) is 8.57. The first-order valence-corrected chi connectivity index (χ1v) is 11.4. The van der Waals surface area contributed by atoms with Crippen LogP contribution >= 0.6 is 0 Å². The first-order chi connectivity index (χ1) is 17.1. The molecule has 0 spiro atoms. The molecule has 5 nitrogen and oxygen atoms in total. The number of rotatable bonds is 4. The number of hydrogen-bond donors (Lipinski definition) is 1. The number of aryl methyl sites for hydroxylation is 2. The molecule has 36 heavy (non-hydrogen) atoms. The molecular weight excluding hydrogens is 629 g/mol. The van der Waals surface area contributed by atoms with Crippen molar-refractivity contribution in [3.63, 3.8) is 0 Å². The van der Waals surface area contributed by atoms with E-state index in [-0.39, 0.29) is 26.8 Å². The zero-order valence-corrected chi connectivity index (χ0v) is 21.9. The Kier molecular flexibility index (Phi) is 6.34. The Morgan fingerprint density at radius 2 is 1.69 bits per heavy atom. The molecule has 180 valence electrons. The largest absolute Gasteiger partial charge is 0.505 e. The molecular formula is C30H22N3O2Pt-. The van der Waals surface area contributed by atoms with Gasteiger partial charge in [-0.3, -0.25) is 9.55 Å². The van der Waals surface area contributed by atoms with Crippen LogP contribution in [0.25, 0.3) is 38.9 Å². The molecule has 1 N–H and O–H groups in total. The predicted molar refractivity (Wildman–Crippen MR) is 138 cm³/mol. The van der Waals surface area contributed by atoms with Crippen LogP contribution in [0.5, 0.6) is 17.4 Å². The quantitative estimate of drug-likeness (QED) is 0.206. The molecule has 0 aliphatic carbocycles. The number of aromatic hydroxyl groups is 1. The Morgan fingerprint density at radius 3 is 2.53 bits per heavy atom. The maximum atomic E-state index is 11.0. The topological polar surface area (TPSA) is 60.2 Å². The third-order valence-corrected chi connectivity index (χ3v) is 6.08. The Morgan fingerprint density at radius 1 is 0.861 bits per heavy atom. The number of ether oxygens (including phenoxy) is 1. The molecule has 6 aromatic rings. The number of hydrogen-bond acceptors (Lipinski definition) is 4. The molecule has 0 saturated carbocycles. The van der Waals surface area contributed by atoms with Crippen LogP contribution in [0.3, 0.4) is 0 Å². The van der Waals surface area contributed by atoms with Crippen LogP contribution in [0.2, 0.25) is 0 Å². The standard InChI is InChI=1S/C30H22N3O2.Pt/c1-19-16-20(2)29(34)27(17-19)33-26-11-4-3-10-23(26)24-13-14-25(32-30(24)33)21-8-7-9-22(18-21)35-28-12-5-6-15-31-28;/h3-17,34H,1-2H3;/q-1;. The van der Waals surface area contributed by atoms with Crippen LogP contribution in [-0.4, -0.2) is 19.6 Å². The molecule has 0 aliphatic rings. The van der Waals surface area contributed by atoms with E-state index in [0.717, 1.165) is 50.0 Å². The van der Waals surface area contributed by atoms with Crippen LogP contribution in [0.15, 0.2) is 91.1 Å². The first-order valence-electron chi connectivity index (χ1n) is 11.4. The summed E-state index contributed by atoms with van der Waals surface area (Å²) in [5.74, 6) is 1.33. The van der Waals surface area contributed by atoms with Gasteiger partial charge in [0.05, 0.1) is 11.2 Å². The Balaban J connectivity index is 0.00000267. The number of para-hydroxylation sites is 1. The third kappa shape index (κ3) is 4.16. The number of pyridine rings is 2. The summed E-state index contributed by atoms with van der Waals surface area (Å²) in [6.07, 6.45) is 1.69. The SMILES string of the molecule is Cc1cc(C)c(O)c(-n2c3ccccc3c3ccc(-c4[c-]c(Oc5ccccn5)ccc4)nc32)c1.[Pt]. The summed E-state index contributed by atoms with van der Waals surface area (Å²) in [6.45, 7) is 3.95. The number of phenolic OH excluding ortho intramolecular Hbond substituents is 1. The van der Waals surface area contributed by atoms with Crippen molar-refractivity contribution in [2.45, 2.75) is 13.8 Å². The van der Waals surface area contributed by atoms with E-state index in [2.05, 4.69) is 29.2 Å². The van der Waals surface area contributed by atoms with Gasteiger partial charge >= 0.3 is 0 Å². The molecule has 0 radical (unpaired) electrons. The molecule has 0 atom stereocenters. The van der Waals surface area contributed by atoms with Crippen molar-refractivity contribution in [2.24, 2.45) is 0 Å². The number of aromatic nitrogens is 3. The Hall–Kier alpha value is -3.95. The second kappa shape index (κ2) is 9.60. The monoisotopic (exact) mass is 651 g/mol. The molecule has 3 aromatic carbocycles. The van der Waals surface area contributed by atoms with Crippen LogP contribution in [0.1, 0.15) is 11.1 Å². The fourth-order valence-corrected chi connectivity index (χ4v) is 4.52. The fourth-order valence-electron chi connectivity index (χ4n) is 4.52. The summed E-state index contributed by atoms with van der Waals surface area (Å²) in [5, 5.41) is 13.1. The van der Waals surface area contributed by atoms with Crippen molar-refractivity contribution in [3.05, 3.63) is 108 Å². The van der Waals surface area contributed by atoms with E-state index >= 15 is 0 Å². The van der Waals surface area contributed by atoms with Crippen molar-refractivity contribution in [1.29, 1.82) is 0 Å². The predicted octanol–water partition coefficient (Wildman–Crippen LogP) is 7.15. The van der Waals surface area contributed by atoms with E-state index in [4.69, 9.17) is 9.72 Å². The third-order valence-electron chi connectivity index (χ3n) is 6.08. The molecule has 0 aliphatic heterocycles. The smallest absolute Gasteiger partial charge is 0.217 e. The molecule has 0 fully saturated rings. The van der Waals surface area contributed by atoms with Gasteiger partial charge in [0, 0.05) is 49.9 Å². The van der Waals surface area contributed by atoms with Crippen molar-refractivity contribution in [2.75, 3.05) is 0 Å². The van der Waals surface area contributed by atoms with Crippen molar-refractivity contribution in [3.8, 4) is 34.3 Å². The fraction of sp³-hybridized carbons (Fsp3) is 0.0667. The van der Waals surface area contributed by atoms with Crippen LogP contribution < -0.4 is 4.74 Å². The number of benzene rings is 3. The van der Waals surface area contributed by atoms with Gasteiger partial charge in [-0.2, -0.15) is 0 Å². The summed E-state index contributed by atoms with van der Waals surface area (Å²) in [4.78, 5) is 9.28. The van der Waals surface area contributed by atoms with Gasteiger partial charge in [0.15, 0.2) is 0 Å². The minimum atomic E-state index is 0. The van der Waals surface area contributed by atoms with Crippen LogP contribution in [0, 0.1) is 19.9 Å². The molecule has 6 rings (SSSR count). The molecule has 6 heteroatoms. The van der Waals surface area contributed by atoms with Gasteiger partial charge in [0.2, 0.25) is 5.88 Å². The normalized spacial score (nSPS) is 10.9. The first kappa shape index (κ1) is 23.8. The average Bonchev–Trinajstić information content (AvgIpc) is 3.20. The van der Waals surface area contributed by atoms with E-state index in [1.54, 1.807) is 12.3 Å². The zero-order chi connectivity index (χ0) is 23.9. The Labute approximate surface area is 223 Å². The van der Waals surface area contributed by atoms with Crippen molar-refractivity contribution < 1.29 is 30.9 Å². The van der Waals surface area contributed by atoms with Gasteiger partial charge in [0.1, 0.15) is 11.4 Å². The molecule has 3 heterocycles. The number of phenols is 1.